The molecule has 98 valence electrons. The summed E-state index contributed by atoms with van der Waals surface area (Å²) >= 11 is 0. The summed E-state index contributed by atoms with van der Waals surface area (Å²) in [5, 5.41) is 3.23. The highest BCUT2D eigenvalue weighted by Crippen LogP contribution is 2.20. The molecule has 0 amide bonds. The number of ether oxygens (including phenoxy) is 1. The summed E-state index contributed by atoms with van der Waals surface area (Å²) < 4.78 is 18.5. The standard InChI is InChI=1S/C14H18FNO2/c1-2-12(13-9-16-7-8-18-13)14(17)10-3-5-11(15)6-4-10/h3-6,12-13,16H,2,7-9H2,1H3. The van der Waals surface area contributed by atoms with E-state index >= 15 is 0 Å². The number of hydrogen-bond acceptors (Lipinski definition) is 3. The number of ketones is 1. The molecule has 4 heteroatoms. The van der Waals surface area contributed by atoms with Crippen LogP contribution in [0.3, 0.4) is 0 Å². The third-order valence-corrected chi connectivity index (χ3v) is 3.31. The monoisotopic (exact) mass is 251 g/mol. The topological polar surface area (TPSA) is 38.3 Å². The van der Waals surface area contributed by atoms with E-state index < -0.39 is 0 Å². The Balaban J connectivity index is 2.11. The van der Waals surface area contributed by atoms with E-state index in [-0.39, 0.29) is 23.6 Å². The predicted octanol–water partition coefficient (Wildman–Crippen LogP) is 2.02. The third-order valence-electron chi connectivity index (χ3n) is 3.31. The van der Waals surface area contributed by atoms with Gasteiger partial charge in [-0.2, -0.15) is 0 Å². The molecule has 2 rings (SSSR count). The Morgan fingerprint density at radius 2 is 2.22 bits per heavy atom. The first-order valence-corrected chi connectivity index (χ1v) is 6.34. The molecule has 2 atom stereocenters. The molecule has 1 N–H and O–H groups in total. The van der Waals surface area contributed by atoms with Crippen molar-refractivity contribution < 1.29 is 13.9 Å². The molecular weight excluding hydrogens is 233 g/mol. The summed E-state index contributed by atoms with van der Waals surface area (Å²) in [5.41, 5.74) is 0.553. The Morgan fingerprint density at radius 1 is 1.50 bits per heavy atom. The highest BCUT2D eigenvalue weighted by Gasteiger charge is 2.29. The maximum Gasteiger partial charge on any atom is 0.168 e. The highest BCUT2D eigenvalue weighted by atomic mass is 19.1. The third kappa shape index (κ3) is 2.94. The minimum Gasteiger partial charge on any atom is -0.375 e. The van der Waals surface area contributed by atoms with E-state index in [2.05, 4.69) is 5.32 Å². The van der Waals surface area contributed by atoms with Crippen molar-refractivity contribution in [3.05, 3.63) is 35.6 Å². The Hall–Kier alpha value is -1.26. The Kier molecular flexibility index (Phi) is 4.44. The molecule has 1 aliphatic heterocycles. The van der Waals surface area contributed by atoms with Gasteiger partial charge in [-0.25, -0.2) is 4.39 Å². The van der Waals surface area contributed by atoms with Crippen LogP contribution in [0.1, 0.15) is 23.7 Å². The first kappa shape index (κ1) is 13.2. The maximum absolute atomic E-state index is 12.8. The SMILES string of the molecule is CCC(C(=O)c1ccc(F)cc1)C1CNCCO1. The van der Waals surface area contributed by atoms with E-state index in [0.29, 0.717) is 18.7 Å². The van der Waals surface area contributed by atoms with Gasteiger partial charge < -0.3 is 10.1 Å². The van der Waals surface area contributed by atoms with Crippen LogP contribution in [0, 0.1) is 11.7 Å². The van der Waals surface area contributed by atoms with Crippen molar-refractivity contribution in [2.45, 2.75) is 19.4 Å². The number of rotatable bonds is 4. The second-order valence-electron chi connectivity index (χ2n) is 4.50. The minimum atomic E-state index is -0.324. The fraction of sp³-hybridized carbons (Fsp3) is 0.500. The van der Waals surface area contributed by atoms with Gasteiger partial charge >= 0.3 is 0 Å². The zero-order valence-corrected chi connectivity index (χ0v) is 10.5. The van der Waals surface area contributed by atoms with Gasteiger partial charge in [0.2, 0.25) is 0 Å². The normalized spacial score (nSPS) is 21.6. The maximum atomic E-state index is 12.8. The van der Waals surface area contributed by atoms with Gasteiger partial charge in [0.25, 0.3) is 0 Å². The molecule has 0 saturated carbocycles. The zero-order valence-electron chi connectivity index (χ0n) is 10.5. The smallest absolute Gasteiger partial charge is 0.168 e. The molecule has 0 bridgehead atoms. The predicted molar refractivity (Wildman–Crippen MR) is 67.1 cm³/mol. The lowest BCUT2D eigenvalue weighted by molar-refractivity contribution is -0.00514. The Morgan fingerprint density at radius 3 is 2.78 bits per heavy atom. The van der Waals surface area contributed by atoms with Crippen molar-refractivity contribution in [2.75, 3.05) is 19.7 Å². The molecule has 1 aromatic rings. The average Bonchev–Trinajstić information content (AvgIpc) is 2.41. The van der Waals surface area contributed by atoms with Crippen molar-refractivity contribution in [3.8, 4) is 0 Å². The molecule has 1 aliphatic rings. The average molecular weight is 251 g/mol. The molecule has 18 heavy (non-hydrogen) atoms. The van der Waals surface area contributed by atoms with Gasteiger partial charge in [-0.15, -0.1) is 0 Å². The van der Waals surface area contributed by atoms with Crippen LogP contribution in [0.4, 0.5) is 4.39 Å². The van der Waals surface area contributed by atoms with Crippen LogP contribution >= 0.6 is 0 Å². The second-order valence-corrected chi connectivity index (χ2v) is 4.50. The van der Waals surface area contributed by atoms with Crippen LogP contribution in [-0.2, 0) is 4.74 Å². The lowest BCUT2D eigenvalue weighted by atomic mass is 9.89. The number of carbonyl (C=O) groups excluding carboxylic acids is 1. The quantitative estimate of drug-likeness (QED) is 0.832. The molecule has 0 radical (unpaired) electrons. The van der Waals surface area contributed by atoms with Gasteiger partial charge in [0.1, 0.15) is 5.82 Å². The van der Waals surface area contributed by atoms with Crippen molar-refractivity contribution >= 4 is 5.78 Å². The summed E-state index contributed by atoms with van der Waals surface area (Å²) in [5.74, 6) is -0.454. The molecule has 0 spiro atoms. The minimum absolute atomic E-state index is 0.0335. The molecule has 2 unspecified atom stereocenters. The van der Waals surface area contributed by atoms with E-state index in [1.165, 1.54) is 24.3 Å². The largest absolute Gasteiger partial charge is 0.375 e. The number of benzene rings is 1. The van der Waals surface area contributed by atoms with E-state index in [1.54, 1.807) is 0 Å². The van der Waals surface area contributed by atoms with E-state index in [9.17, 15) is 9.18 Å². The van der Waals surface area contributed by atoms with E-state index in [4.69, 9.17) is 4.74 Å². The summed E-state index contributed by atoms with van der Waals surface area (Å²) in [7, 11) is 0. The van der Waals surface area contributed by atoms with Gasteiger partial charge in [0.05, 0.1) is 12.7 Å². The van der Waals surface area contributed by atoms with Gasteiger partial charge in [-0.3, -0.25) is 4.79 Å². The highest BCUT2D eigenvalue weighted by molar-refractivity contribution is 5.98. The van der Waals surface area contributed by atoms with Crippen LogP contribution in [0.25, 0.3) is 0 Å². The van der Waals surface area contributed by atoms with Crippen molar-refractivity contribution in [3.63, 3.8) is 0 Å². The summed E-state index contributed by atoms with van der Waals surface area (Å²) in [6.45, 7) is 4.14. The van der Waals surface area contributed by atoms with Gasteiger partial charge in [0, 0.05) is 24.6 Å². The van der Waals surface area contributed by atoms with Crippen LogP contribution in [0.15, 0.2) is 24.3 Å². The molecule has 3 nitrogen and oxygen atoms in total. The zero-order chi connectivity index (χ0) is 13.0. The Bertz CT molecular complexity index is 399. The summed E-state index contributed by atoms with van der Waals surface area (Å²) in [4.78, 5) is 12.4. The number of morpholine rings is 1. The first-order chi connectivity index (χ1) is 8.72. The molecule has 0 aliphatic carbocycles. The molecule has 1 fully saturated rings. The lowest BCUT2D eigenvalue weighted by Crippen LogP contribution is -2.44. The number of carbonyl (C=O) groups is 1. The summed E-state index contributed by atoms with van der Waals surface area (Å²) in [6, 6.07) is 5.72. The molecule has 0 aromatic heterocycles. The van der Waals surface area contributed by atoms with Crippen LogP contribution in [0.5, 0.6) is 0 Å². The second kappa shape index (κ2) is 6.07. The van der Waals surface area contributed by atoms with Crippen LogP contribution in [0.2, 0.25) is 0 Å². The molecular formula is C14H18FNO2. The lowest BCUT2D eigenvalue weighted by Gasteiger charge is -2.29. The summed E-state index contributed by atoms with van der Waals surface area (Å²) in [6.07, 6.45) is 0.643. The molecule has 1 saturated heterocycles. The van der Waals surface area contributed by atoms with Crippen molar-refractivity contribution in [2.24, 2.45) is 5.92 Å². The van der Waals surface area contributed by atoms with Crippen LogP contribution < -0.4 is 5.32 Å². The number of halogens is 1. The van der Waals surface area contributed by atoms with Gasteiger partial charge in [-0.05, 0) is 30.7 Å². The fourth-order valence-corrected chi connectivity index (χ4v) is 2.29. The Labute approximate surface area is 106 Å². The van der Waals surface area contributed by atoms with Gasteiger partial charge in [-0.1, -0.05) is 6.92 Å². The number of hydrogen-bond donors (Lipinski definition) is 1. The first-order valence-electron chi connectivity index (χ1n) is 6.34. The number of nitrogens with one attached hydrogen (secondary N) is 1. The fourth-order valence-electron chi connectivity index (χ4n) is 2.29. The number of Topliss-reactive ketones (excluding diaryl/α,β-unsaturated/α-hetero) is 1. The molecule has 1 heterocycles. The van der Waals surface area contributed by atoms with Gasteiger partial charge in [0.15, 0.2) is 5.78 Å². The van der Waals surface area contributed by atoms with E-state index in [0.717, 1.165) is 13.0 Å². The van der Waals surface area contributed by atoms with Crippen molar-refractivity contribution in [1.29, 1.82) is 0 Å². The molecule has 1 aromatic carbocycles. The van der Waals surface area contributed by atoms with E-state index in [1.807, 2.05) is 6.92 Å². The van der Waals surface area contributed by atoms with Crippen molar-refractivity contribution in [1.82, 2.24) is 5.32 Å². The van der Waals surface area contributed by atoms with Crippen LogP contribution in [-0.4, -0.2) is 31.6 Å².